The number of phenolic OH excluding ortho intramolecular Hbond substituents is 1. The minimum Gasteiger partial charge on any atom is -0.508 e. The fourth-order valence-electron chi connectivity index (χ4n) is 2.46. The maximum absolute atomic E-state index is 12.4. The fourth-order valence-corrected chi connectivity index (χ4v) is 2.46. The number of aromatic nitrogens is 2. The third-order valence-corrected chi connectivity index (χ3v) is 3.74. The highest BCUT2D eigenvalue weighted by Crippen LogP contribution is 2.13. The summed E-state index contributed by atoms with van der Waals surface area (Å²) >= 11 is 0. The second-order valence-electron chi connectivity index (χ2n) is 5.35. The van der Waals surface area contributed by atoms with Gasteiger partial charge in [-0.25, -0.2) is 10.5 Å². The average Bonchev–Trinajstić information content (AvgIpc) is 2.64. The van der Waals surface area contributed by atoms with Crippen molar-refractivity contribution in [1.29, 1.82) is 0 Å². The van der Waals surface area contributed by atoms with Crippen molar-refractivity contribution in [1.82, 2.24) is 15.6 Å². The van der Waals surface area contributed by atoms with E-state index < -0.39 is 5.91 Å². The first kappa shape index (κ1) is 16.4. The summed E-state index contributed by atoms with van der Waals surface area (Å²) in [5.41, 5.74) is 3.67. The topological polar surface area (TPSA) is 107 Å². The Morgan fingerprint density at radius 2 is 1.84 bits per heavy atom. The Morgan fingerprint density at radius 3 is 2.52 bits per heavy atom. The van der Waals surface area contributed by atoms with Gasteiger partial charge in [0.2, 0.25) is 0 Å². The monoisotopic (exact) mass is 336 g/mol. The molecule has 2 aromatic carbocycles. The molecule has 1 amide bonds. The second-order valence-corrected chi connectivity index (χ2v) is 5.35. The number of nitrogens with one attached hydrogen (secondary N) is 2. The number of carbonyl (C=O) groups excluding carboxylic acids is 1. The lowest BCUT2D eigenvalue weighted by molar-refractivity contribution is 0.0950. The Hall–Kier alpha value is -3.48. The standard InChI is InChI=1S/C18H16N4O3/c1-2-15(11-7-9-12(23)10-8-11)19-22-18(25)16-13-5-3-4-6-14(13)17(24)21-20-16/h3-10,23H,2H2,1H3,(H,21,24)(H,22,25)/b19-15+. The molecule has 1 aromatic heterocycles. The molecule has 7 nitrogen and oxygen atoms in total. The number of fused-ring (bicyclic) bond motifs is 1. The number of benzene rings is 2. The van der Waals surface area contributed by atoms with Gasteiger partial charge in [0, 0.05) is 5.39 Å². The van der Waals surface area contributed by atoms with Crippen LogP contribution in [-0.4, -0.2) is 26.9 Å². The third kappa shape index (κ3) is 3.40. The smallest absolute Gasteiger partial charge is 0.292 e. The molecule has 0 saturated heterocycles. The molecular weight excluding hydrogens is 320 g/mol. The molecule has 3 N–H and O–H groups in total. The normalized spacial score (nSPS) is 11.5. The number of carbonyl (C=O) groups is 1. The van der Waals surface area contributed by atoms with E-state index >= 15 is 0 Å². The zero-order chi connectivity index (χ0) is 17.8. The summed E-state index contributed by atoms with van der Waals surface area (Å²) in [6.07, 6.45) is 0.588. The minimum atomic E-state index is -0.517. The number of rotatable bonds is 4. The first-order valence-electron chi connectivity index (χ1n) is 7.74. The maximum atomic E-state index is 12.4. The number of hydrogen-bond acceptors (Lipinski definition) is 5. The molecule has 0 radical (unpaired) electrons. The molecule has 3 rings (SSSR count). The number of H-pyrrole nitrogens is 1. The van der Waals surface area contributed by atoms with E-state index in [1.165, 1.54) is 0 Å². The SMILES string of the molecule is CC/C(=N\NC(=O)c1n[nH]c(=O)c2ccccc12)c1ccc(O)cc1. The Kier molecular flexibility index (Phi) is 4.56. The van der Waals surface area contributed by atoms with Crippen LogP contribution in [0.2, 0.25) is 0 Å². The van der Waals surface area contributed by atoms with Gasteiger partial charge in [0.25, 0.3) is 11.5 Å². The molecule has 3 aromatic rings. The van der Waals surface area contributed by atoms with Crippen molar-refractivity contribution in [3.8, 4) is 5.75 Å². The van der Waals surface area contributed by atoms with Crippen LogP contribution in [0.5, 0.6) is 5.75 Å². The van der Waals surface area contributed by atoms with Gasteiger partial charge in [-0.1, -0.05) is 25.1 Å². The first-order chi connectivity index (χ1) is 12.1. The van der Waals surface area contributed by atoms with E-state index in [4.69, 9.17) is 0 Å². The summed E-state index contributed by atoms with van der Waals surface area (Å²) in [5.74, 6) is -0.357. The van der Waals surface area contributed by atoms with Crippen molar-refractivity contribution in [2.24, 2.45) is 5.10 Å². The molecule has 0 atom stereocenters. The van der Waals surface area contributed by atoms with Crippen LogP contribution in [-0.2, 0) is 0 Å². The molecule has 7 heteroatoms. The number of hydrogen-bond donors (Lipinski definition) is 3. The van der Waals surface area contributed by atoms with Gasteiger partial charge in [-0.15, -0.1) is 0 Å². The van der Waals surface area contributed by atoms with Crippen LogP contribution in [0, 0.1) is 0 Å². The summed E-state index contributed by atoms with van der Waals surface area (Å²) in [4.78, 5) is 24.2. The predicted molar refractivity (Wildman–Crippen MR) is 94.8 cm³/mol. The number of amides is 1. The summed E-state index contributed by atoms with van der Waals surface area (Å²) in [6.45, 7) is 1.91. The number of nitrogens with zero attached hydrogens (tertiary/aromatic N) is 2. The van der Waals surface area contributed by atoms with E-state index in [0.29, 0.717) is 22.9 Å². The van der Waals surface area contributed by atoms with Gasteiger partial charge in [0.15, 0.2) is 5.69 Å². The van der Waals surface area contributed by atoms with Crippen LogP contribution < -0.4 is 11.0 Å². The summed E-state index contributed by atoms with van der Waals surface area (Å²) < 4.78 is 0. The quantitative estimate of drug-likeness (QED) is 0.501. The van der Waals surface area contributed by atoms with Gasteiger partial charge in [0.1, 0.15) is 5.75 Å². The van der Waals surface area contributed by atoms with Crippen LogP contribution in [0.25, 0.3) is 10.8 Å². The summed E-state index contributed by atoms with van der Waals surface area (Å²) in [5, 5.41) is 20.5. The van der Waals surface area contributed by atoms with Crippen LogP contribution in [0.4, 0.5) is 0 Å². The molecule has 0 fully saturated rings. The van der Waals surface area contributed by atoms with Crippen molar-refractivity contribution in [3.05, 3.63) is 70.1 Å². The lowest BCUT2D eigenvalue weighted by Gasteiger charge is -2.06. The van der Waals surface area contributed by atoms with E-state index in [2.05, 4.69) is 20.7 Å². The van der Waals surface area contributed by atoms with Crippen LogP contribution in [0.15, 0.2) is 58.4 Å². The third-order valence-electron chi connectivity index (χ3n) is 3.74. The van der Waals surface area contributed by atoms with Gasteiger partial charge in [0.05, 0.1) is 11.1 Å². The zero-order valence-electron chi connectivity index (χ0n) is 13.5. The lowest BCUT2D eigenvalue weighted by atomic mass is 10.1. The Balaban J connectivity index is 1.90. The fraction of sp³-hybridized carbons (Fsp3) is 0.111. The molecule has 25 heavy (non-hydrogen) atoms. The lowest BCUT2D eigenvalue weighted by Crippen LogP contribution is -2.24. The Bertz CT molecular complexity index is 1010. The first-order valence-corrected chi connectivity index (χ1v) is 7.74. The second kappa shape index (κ2) is 6.96. The molecule has 0 bridgehead atoms. The van der Waals surface area contributed by atoms with Crippen LogP contribution >= 0.6 is 0 Å². The average molecular weight is 336 g/mol. The molecular formula is C18H16N4O3. The van der Waals surface area contributed by atoms with Crippen LogP contribution in [0.1, 0.15) is 29.4 Å². The van der Waals surface area contributed by atoms with Crippen molar-refractivity contribution >= 4 is 22.4 Å². The highest BCUT2D eigenvalue weighted by atomic mass is 16.3. The van der Waals surface area contributed by atoms with Crippen LogP contribution in [0.3, 0.4) is 0 Å². The molecule has 1 heterocycles. The predicted octanol–water partition coefficient (Wildman–Crippen LogP) is 2.17. The highest BCUT2D eigenvalue weighted by Gasteiger charge is 2.13. The molecule has 0 aliphatic heterocycles. The Morgan fingerprint density at radius 1 is 1.16 bits per heavy atom. The van der Waals surface area contributed by atoms with Gasteiger partial charge >= 0.3 is 0 Å². The van der Waals surface area contributed by atoms with Gasteiger partial charge in [-0.05, 0) is 42.3 Å². The number of aromatic amines is 1. The summed E-state index contributed by atoms with van der Waals surface area (Å²) in [6, 6.07) is 13.3. The minimum absolute atomic E-state index is 0.0973. The molecule has 0 spiro atoms. The van der Waals surface area contributed by atoms with Crippen molar-refractivity contribution in [2.75, 3.05) is 0 Å². The molecule has 126 valence electrons. The molecule has 0 aliphatic carbocycles. The van der Waals surface area contributed by atoms with E-state index in [1.54, 1.807) is 48.5 Å². The molecule has 0 aliphatic rings. The largest absolute Gasteiger partial charge is 0.508 e. The highest BCUT2D eigenvalue weighted by molar-refractivity contribution is 6.06. The maximum Gasteiger partial charge on any atom is 0.292 e. The van der Waals surface area contributed by atoms with Gasteiger partial charge in [-0.2, -0.15) is 10.2 Å². The van der Waals surface area contributed by atoms with Gasteiger partial charge < -0.3 is 5.11 Å². The van der Waals surface area contributed by atoms with Crippen molar-refractivity contribution < 1.29 is 9.90 Å². The zero-order valence-corrected chi connectivity index (χ0v) is 13.5. The number of hydrazone groups is 1. The van der Waals surface area contributed by atoms with E-state index in [0.717, 1.165) is 5.56 Å². The Labute approximate surface area is 143 Å². The summed E-state index contributed by atoms with van der Waals surface area (Å²) in [7, 11) is 0. The van der Waals surface area contributed by atoms with E-state index in [1.807, 2.05) is 6.92 Å². The van der Waals surface area contributed by atoms with E-state index in [9.17, 15) is 14.7 Å². The number of phenols is 1. The van der Waals surface area contributed by atoms with E-state index in [-0.39, 0.29) is 17.0 Å². The number of aromatic hydroxyl groups is 1. The molecule has 0 unspecified atom stereocenters. The molecule has 0 saturated carbocycles. The van der Waals surface area contributed by atoms with Crippen molar-refractivity contribution in [3.63, 3.8) is 0 Å². The van der Waals surface area contributed by atoms with Crippen molar-refractivity contribution in [2.45, 2.75) is 13.3 Å². The van der Waals surface area contributed by atoms with Gasteiger partial charge in [-0.3, -0.25) is 9.59 Å².